The second-order valence-corrected chi connectivity index (χ2v) is 7.15. The monoisotopic (exact) mass is 383 g/mol. The Hall–Kier alpha value is -1.67. The van der Waals surface area contributed by atoms with Crippen molar-refractivity contribution in [1.82, 2.24) is 9.97 Å². The lowest BCUT2D eigenvalue weighted by atomic mass is 10.1. The number of anilines is 1. The third-order valence-corrected chi connectivity index (χ3v) is 4.78. The number of aryl methyl sites for hydroxylation is 2. The number of carbonyl (C=O) groups excluding carboxylic acids is 1. The quantitative estimate of drug-likeness (QED) is 0.555. The number of nitrogens with zero attached hydrogens (tertiary/aromatic N) is 2. The fourth-order valence-electron chi connectivity index (χ4n) is 2.37. The molecule has 0 bridgehead atoms. The number of nitrogens with one attached hydrogen (secondary N) is 1. The molecule has 1 heterocycles. The number of amides is 1. The zero-order valence-electron chi connectivity index (χ0n) is 14.2. The first-order valence-corrected chi connectivity index (χ1v) is 9.72. The summed E-state index contributed by atoms with van der Waals surface area (Å²) in [6.45, 7) is 3.82. The SMILES string of the molecule is CSc1nc(C)c(CCC(=O)Nc2cccc(SC(F)F)c2)c(C)n1. The average molecular weight is 383 g/mol. The Labute approximate surface area is 154 Å². The fraction of sp³-hybridized carbons (Fsp3) is 0.353. The second kappa shape index (κ2) is 9.15. The van der Waals surface area contributed by atoms with Gasteiger partial charge in [0.2, 0.25) is 5.91 Å². The van der Waals surface area contributed by atoms with Crippen LogP contribution in [0.2, 0.25) is 0 Å². The van der Waals surface area contributed by atoms with Crippen LogP contribution in [0.15, 0.2) is 34.3 Å². The lowest BCUT2D eigenvalue weighted by Crippen LogP contribution is -2.13. The van der Waals surface area contributed by atoms with Gasteiger partial charge in [0.25, 0.3) is 5.76 Å². The van der Waals surface area contributed by atoms with Crippen molar-refractivity contribution in [3.8, 4) is 0 Å². The largest absolute Gasteiger partial charge is 0.326 e. The van der Waals surface area contributed by atoms with E-state index in [0.29, 0.717) is 28.8 Å². The lowest BCUT2D eigenvalue weighted by molar-refractivity contribution is -0.116. The summed E-state index contributed by atoms with van der Waals surface area (Å²) in [6, 6.07) is 6.45. The highest BCUT2D eigenvalue weighted by Crippen LogP contribution is 2.27. The van der Waals surface area contributed by atoms with E-state index in [9.17, 15) is 13.6 Å². The molecule has 0 saturated carbocycles. The third kappa shape index (κ3) is 5.97. The summed E-state index contributed by atoms with van der Waals surface area (Å²) in [7, 11) is 0. The molecule has 0 atom stereocenters. The van der Waals surface area contributed by atoms with E-state index in [1.54, 1.807) is 24.3 Å². The van der Waals surface area contributed by atoms with E-state index in [0.717, 1.165) is 22.1 Å². The molecule has 0 fully saturated rings. The molecular weight excluding hydrogens is 364 g/mol. The van der Waals surface area contributed by atoms with E-state index < -0.39 is 5.76 Å². The first-order valence-electron chi connectivity index (χ1n) is 7.62. The maximum atomic E-state index is 12.4. The first-order chi connectivity index (χ1) is 11.9. The van der Waals surface area contributed by atoms with Crippen molar-refractivity contribution in [2.75, 3.05) is 11.6 Å². The number of alkyl halides is 2. The molecule has 1 aromatic heterocycles. The Morgan fingerprint density at radius 1 is 1.24 bits per heavy atom. The van der Waals surface area contributed by atoms with Gasteiger partial charge in [-0.25, -0.2) is 9.97 Å². The molecule has 0 aliphatic heterocycles. The predicted octanol–water partition coefficient (Wildman–Crippen LogP) is 4.70. The van der Waals surface area contributed by atoms with Gasteiger partial charge in [-0.3, -0.25) is 4.79 Å². The molecule has 134 valence electrons. The zero-order valence-corrected chi connectivity index (χ0v) is 15.8. The van der Waals surface area contributed by atoms with Gasteiger partial charge in [-0.1, -0.05) is 29.6 Å². The van der Waals surface area contributed by atoms with Crippen molar-refractivity contribution < 1.29 is 13.6 Å². The number of thioether (sulfide) groups is 2. The highest BCUT2D eigenvalue weighted by Gasteiger charge is 2.11. The molecule has 0 unspecified atom stereocenters. The number of aromatic nitrogens is 2. The zero-order chi connectivity index (χ0) is 18.4. The summed E-state index contributed by atoms with van der Waals surface area (Å²) in [5.74, 6) is -2.66. The normalized spacial score (nSPS) is 11.0. The number of benzene rings is 1. The maximum absolute atomic E-state index is 12.4. The highest BCUT2D eigenvalue weighted by molar-refractivity contribution is 7.99. The smallest absolute Gasteiger partial charge is 0.288 e. The predicted molar refractivity (Wildman–Crippen MR) is 98.5 cm³/mol. The molecule has 2 rings (SSSR count). The number of hydrogen-bond acceptors (Lipinski definition) is 5. The molecular formula is C17H19F2N3OS2. The molecule has 8 heteroatoms. The Balaban J connectivity index is 1.97. The average Bonchev–Trinajstić information content (AvgIpc) is 2.53. The van der Waals surface area contributed by atoms with Crippen LogP contribution >= 0.6 is 23.5 Å². The van der Waals surface area contributed by atoms with Gasteiger partial charge in [0.1, 0.15) is 0 Å². The van der Waals surface area contributed by atoms with Crippen LogP contribution in [-0.4, -0.2) is 27.9 Å². The summed E-state index contributed by atoms with van der Waals surface area (Å²) in [5.41, 5.74) is 3.23. The Bertz CT molecular complexity index is 733. The van der Waals surface area contributed by atoms with Crippen LogP contribution in [0.5, 0.6) is 0 Å². The van der Waals surface area contributed by atoms with Crippen LogP contribution in [0.4, 0.5) is 14.5 Å². The fourth-order valence-corrected chi connectivity index (χ4v) is 3.39. The van der Waals surface area contributed by atoms with Crippen molar-refractivity contribution in [3.05, 3.63) is 41.2 Å². The van der Waals surface area contributed by atoms with Gasteiger partial charge in [0, 0.05) is 28.4 Å². The molecule has 0 saturated heterocycles. The molecule has 0 radical (unpaired) electrons. The number of rotatable bonds is 7. The van der Waals surface area contributed by atoms with Gasteiger partial charge in [-0.15, -0.1) is 0 Å². The summed E-state index contributed by atoms with van der Waals surface area (Å²) in [4.78, 5) is 21.4. The van der Waals surface area contributed by atoms with E-state index in [2.05, 4.69) is 15.3 Å². The highest BCUT2D eigenvalue weighted by atomic mass is 32.2. The third-order valence-electron chi connectivity index (χ3n) is 3.53. The summed E-state index contributed by atoms with van der Waals surface area (Å²) >= 11 is 1.93. The van der Waals surface area contributed by atoms with Crippen molar-refractivity contribution in [2.45, 2.75) is 42.5 Å². The summed E-state index contributed by atoms with van der Waals surface area (Å²) < 4.78 is 24.8. The van der Waals surface area contributed by atoms with Crippen molar-refractivity contribution >= 4 is 35.1 Å². The number of carbonyl (C=O) groups is 1. The minimum absolute atomic E-state index is 0.174. The molecule has 2 aromatic rings. The van der Waals surface area contributed by atoms with Gasteiger partial charge in [-0.05, 0) is 50.3 Å². The molecule has 1 aromatic carbocycles. The van der Waals surface area contributed by atoms with E-state index in [-0.39, 0.29) is 12.3 Å². The number of hydrogen-bond donors (Lipinski definition) is 1. The van der Waals surface area contributed by atoms with Crippen LogP contribution in [0, 0.1) is 13.8 Å². The van der Waals surface area contributed by atoms with Crippen LogP contribution in [-0.2, 0) is 11.2 Å². The maximum Gasteiger partial charge on any atom is 0.288 e. The van der Waals surface area contributed by atoms with Gasteiger partial charge in [-0.2, -0.15) is 8.78 Å². The van der Waals surface area contributed by atoms with E-state index in [4.69, 9.17) is 0 Å². The molecule has 25 heavy (non-hydrogen) atoms. The van der Waals surface area contributed by atoms with Crippen LogP contribution in [0.3, 0.4) is 0 Å². The van der Waals surface area contributed by atoms with Crippen molar-refractivity contribution in [1.29, 1.82) is 0 Å². The van der Waals surface area contributed by atoms with E-state index >= 15 is 0 Å². The molecule has 4 nitrogen and oxygen atoms in total. The van der Waals surface area contributed by atoms with Gasteiger partial charge >= 0.3 is 0 Å². The van der Waals surface area contributed by atoms with E-state index in [1.165, 1.54) is 11.8 Å². The van der Waals surface area contributed by atoms with Crippen LogP contribution in [0.25, 0.3) is 0 Å². The topological polar surface area (TPSA) is 54.9 Å². The van der Waals surface area contributed by atoms with Gasteiger partial charge in [0.15, 0.2) is 5.16 Å². The summed E-state index contributed by atoms with van der Waals surface area (Å²) in [5, 5.41) is 3.46. The molecule has 0 spiro atoms. The van der Waals surface area contributed by atoms with Crippen molar-refractivity contribution in [2.24, 2.45) is 0 Å². The summed E-state index contributed by atoms with van der Waals surface area (Å²) in [6.07, 6.45) is 2.72. The standard InChI is InChI=1S/C17H19F2N3OS2/c1-10-14(11(2)21-17(20-10)24-3)7-8-15(23)22-12-5-4-6-13(9-12)25-16(18)19/h4-6,9,16H,7-8H2,1-3H3,(H,22,23). The Kier molecular flexibility index (Phi) is 7.19. The molecule has 1 N–H and O–H groups in total. The Morgan fingerprint density at radius 3 is 2.52 bits per heavy atom. The van der Waals surface area contributed by atoms with E-state index in [1.807, 2.05) is 20.1 Å². The minimum atomic E-state index is -2.49. The lowest BCUT2D eigenvalue weighted by Gasteiger charge is -2.10. The van der Waals surface area contributed by atoms with Gasteiger partial charge in [0.05, 0.1) is 0 Å². The second-order valence-electron chi connectivity index (χ2n) is 5.31. The van der Waals surface area contributed by atoms with Crippen LogP contribution in [0.1, 0.15) is 23.4 Å². The Morgan fingerprint density at radius 2 is 1.92 bits per heavy atom. The number of halogens is 2. The molecule has 0 aliphatic rings. The first kappa shape index (κ1) is 19.7. The molecule has 0 aliphatic carbocycles. The van der Waals surface area contributed by atoms with Crippen molar-refractivity contribution in [3.63, 3.8) is 0 Å². The van der Waals surface area contributed by atoms with Crippen LogP contribution < -0.4 is 5.32 Å². The minimum Gasteiger partial charge on any atom is -0.326 e. The molecule has 1 amide bonds. The van der Waals surface area contributed by atoms with Gasteiger partial charge < -0.3 is 5.32 Å².